The van der Waals surface area contributed by atoms with Crippen molar-refractivity contribution >= 4 is 15.9 Å². The zero-order valence-corrected chi connectivity index (χ0v) is 19.6. The number of hydrogen-bond donors (Lipinski definition) is 1. The van der Waals surface area contributed by atoms with Gasteiger partial charge in [0.1, 0.15) is 5.75 Å². The van der Waals surface area contributed by atoms with Crippen LogP contribution in [-0.4, -0.2) is 63.2 Å². The van der Waals surface area contributed by atoms with Gasteiger partial charge >= 0.3 is 6.36 Å². The Morgan fingerprint density at radius 3 is 2.42 bits per heavy atom. The summed E-state index contributed by atoms with van der Waals surface area (Å²) < 4.78 is 74.7. The van der Waals surface area contributed by atoms with E-state index in [0.29, 0.717) is 50.6 Å². The number of carbonyl (C=O) groups is 1. The van der Waals surface area contributed by atoms with Crippen molar-refractivity contribution in [3.63, 3.8) is 0 Å². The summed E-state index contributed by atoms with van der Waals surface area (Å²) >= 11 is 0. The molecule has 1 amide bonds. The van der Waals surface area contributed by atoms with E-state index in [9.17, 15) is 26.4 Å². The summed E-state index contributed by atoms with van der Waals surface area (Å²) in [5, 5.41) is 0. The molecule has 11 heteroatoms. The van der Waals surface area contributed by atoms with E-state index in [2.05, 4.69) is 9.46 Å². The molecule has 0 unspecified atom stereocenters. The van der Waals surface area contributed by atoms with Gasteiger partial charge in [0.2, 0.25) is 15.9 Å². The standard InChI is InChI=1S/C22H31F3N2O5S/c1-15(28)27-13-5-7-19(26-33(2,29)30)20(27)14-31-17-11-9-16(10-12-17)18-6-3-4-8-21(18)32-22(23,24)25/h3-4,6,8,16-17,19-20,26H,5,7,9-14H2,1-2H3/t16?,17?,19-,20-/m0/s1. The molecule has 1 N–H and O–H groups in total. The first kappa shape index (κ1) is 25.8. The average Bonchev–Trinajstić information content (AvgIpc) is 2.71. The summed E-state index contributed by atoms with van der Waals surface area (Å²) in [4.78, 5) is 13.8. The van der Waals surface area contributed by atoms with Crippen molar-refractivity contribution in [3.8, 4) is 5.75 Å². The molecule has 33 heavy (non-hydrogen) atoms. The number of rotatable bonds is 7. The Hall–Kier alpha value is -1.85. The first-order valence-electron chi connectivity index (χ1n) is 11.1. The summed E-state index contributed by atoms with van der Waals surface area (Å²) in [6, 6.07) is 5.41. The number of nitrogens with zero attached hydrogens (tertiary/aromatic N) is 1. The molecule has 0 radical (unpaired) electrons. The maximum Gasteiger partial charge on any atom is 0.573 e. The van der Waals surface area contributed by atoms with Crippen LogP contribution in [0.2, 0.25) is 0 Å². The van der Waals surface area contributed by atoms with Crippen molar-refractivity contribution in [2.75, 3.05) is 19.4 Å². The molecule has 2 atom stereocenters. The number of amides is 1. The van der Waals surface area contributed by atoms with E-state index in [-0.39, 0.29) is 30.3 Å². The minimum Gasteiger partial charge on any atom is -0.405 e. The van der Waals surface area contributed by atoms with E-state index in [4.69, 9.17) is 4.74 Å². The minimum atomic E-state index is -4.74. The van der Waals surface area contributed by atoms with Gasteiger partial charge in [-0.15, -0.1) is 13.2 Å². The maximum atomic E-state index is 12.7. The lowest BCUT2D eigenvalue weighted by Gasteiger charge is -2.41. The Bertz CT molecular complexity index is 917. The highest BCUT2D eigenvalue weighted by atomic mass is 32.2. The van der Waals surface area contributed by atoms with Crippen molar-refractivity contribution in [3.05, 3.63) is 29.8 Å². The van der Waals surface area contributed by atoms with Crippen molar-refractivity contribution in [2.24, 2.45) is 0 Å². The van der Waals surface area contributed by atoms with Crippen LogP contribution < -0.4 is 9.46 Å². The summed E-state index contributed by atoms with van der Waals surface area (Å²) in [5.41, 5.74) is 0.542. The monoisotopic (exact) mass is 492 g/mol. The lowest BCUT2D eigenvalue weighted by Crippen LogP contribution is -2.58. The molecule has 1 heterocycles. The smallest absolute Gasteiger partial charge is 0.405 e. The Kier molecular flexibility index (Phi) is 8.28. The number of ether oxygens (including phenoxy) is 2. The van der Waals surface area contributed by atoms with Gasteiger partial charge in [-0.3, -0.25) is 4.79 Å². The van der Waals surface area contributed by atoms with Crippen molar-refractivity contribution in [2.45, 2.75) is 75.9 Å². The van der Waals surface area contributed by atoms with Gasteiger partial charge in [-0.2, -0.15) is 0 Å². The Morgan fingerprint density at radius 2 is 1.82 bits per heavy atom. The molecule has 2 fully saturated rings. The van der Waals surface area contributed by atoms with Crippen LogP contribution in [0.3, 0.4) is 0 Å². The molecular formula is C22H31F3N2O5S. The van der Waals surface area contributed by atoms with Crippen LogP contribution in [0.1, 0.15) is 56.9 Å². The molecule has 186 valence electrons. The third kappa shape index (κ3) is 7.58. The second-order valence-corrected chi connectivity index (χ2v) is 10.6. The number of nitrogens with one attached hydrogen (secondary N) is 1. The van der Waals surface area contributed by atoms with E-state index < -0.39 is 28.5 Å². The van der Waals surface area contributed by atoms with Gasteiger partial charge in [-0.1, -0.05) is 18.2 Å². The van der Waals surface area contributed by atoms with Crippen molar-refractivity contribution in [1.29, 1.82) is 0 Å². The second kappa shape index (κ2) is 10.6. The fourth-order valence-electron chi connectivity index (χ4n) is 4.88. The van der Waals surface area contributed by atoms with E-state index in [1.54, 1.807) is 17.0 Å². The van der Waals surface area contributed by atoms with E-state index in [1.807, 2.05) is 0 Å². The van der Waals surface area contributed by atoms with Crippen LogP contribution in [0, 0.1) is 0 Å². The van der Waals surface area contributed by atoms with Crippen LogP contribution in [-0.2, 0) is 19.6 Å². The number of para-hydroxylation sites is 1. The lowest BCUT2D eigenvalue weighted by atomic mass is 9.82. The van der Waals surface area contributed by atoms with Gasteiger partial charge in [0.15, 0.2) is 0 Å². The van der Waals surface area contributed by atoms with E-state index in [1.165, 1.54) is 19.1 Å². The summed E-state index contributed by atoms with van der Waals surface area (Å²) in [7, 11) is -3.44. The molecule has 2 aliphatic rings. The molecule has 1 aromatic rings. The quantitative estimate of drug-likeness (QED) is 0.629. The van der Waals surface area contributed by atoms with Gasteiger partial charge in [-0.05, 0) is 56.1 Å². The van der Waals surface area contributed by atoms with Crippen LogP contribution in [0.25, 0.3) is 0 Å². The first-order valence-corrected chi connectivity index (χ1v) is 13.0. The number of piperidine rings is 1. The predicted octanol–water partition coefficient (Wildman–Crippen LogP) is 3.56. The molecule has 0 spiro atoms. The van der Waals surface area contributed by atoms with Gasteiger partial charge in [0.25, 0.3) is 0 Å². The number of alkyl halides is 3. The van der Waals surface area contributed by atoms with Crippen molar-refractivity contribution in [1.82, 2.24) is 9.62 Å². The highest BCUT2D eigenvalue weighted by Crippen LogP contribution is 2.40. The van der Waals surface area contributed by atoms with Gasteiger partial charge in [0, 0.05) is 19.5 Å². The molecule has 7 nitrogen and oxygen atoms in total. The SMILES string of the molecule is CC(=O)N1CCC[C@H](NS(C)(=O)=O)[C@@H]1COC1CCC(c2ccccc2OC(F)(F)F)CC1. The van der Waals surface area contributed by atoms with Crippen LogP contribution in [0.5, 0.6) is 5.75 Å². The number of halogens is 3. The third-order valence-electron chi connectivity index (χ3n) is 6.31. The van der Waals surface area contributed by atoms with Crippen LogP contribution in [0.15, 0.2) is 24.3 Å². The fraction of sp³-hybridized carbons (Fsp3) is 0.682. The van der Waals surface area contributed by atoms with Crippen LogP contribution in [0.4, 0.5) is 13.2 Å². The maximum absolute atomic E-state index is 12.7. The zero-order valence-electron chi connectivity index (χ0n) is 18.8. The Balaban J connectivity index is 1.60. The molecular weight excluding hydrogens is 461 g/mol. The number of hydrogen-bond acceptors (Lipinski definition) is 5. The third-order valence-corrected chi connectivity index (χ3v) is 7.04. The van der Waals surface area contributed by atoms with Gasteiger partial charge in [0.05, 0.1) is 25.0 Å². The molecule has 0 aromatic heterocycles. The normalized spacial score (nSPS) is 26.8. The molecule has 0 bridgehead atoms. The first-order chi connectivity index (χ1) is 15.4. The summed E-state index contributed by atoms with van der Waals surface area (Å²) in [6.45, 7) is 2.21. The minimum absolute atomic E-state index is 0.0635. The van der Waals surface area contributed by atoms with E-state index in [0.717, 1.165) is 6.26 Å². The predicted molar refractivity (Wildman–Crippen MR) is 116 cm³/mol. The largest absolute Gasteiger partial charge is 0.573 e. The highest BCUT2D eigenvalue weighted by Gasteiger charge is 2.36. The number of carbonyl (C=O) groups excluding carboxylic acids is 1. The van der Waals surface area contributed by atoms with Crippen LogP contribution >= 0.6 is 0 Å². The molecule has 3 rings (SSSR count). The van der Waals surface area contributed by atoms with Crippen molar-refractivity contribution < 1.29 is 35.9 Å². The summed E-state index contributed by atoms with van der Waals surface area (Å²) in [5.74, 6) is -0.358. The average molecular weight is 493 g/mol. The highest BCUT2D eigenvalue weighted by molar-refractivity contribution is 7.88. The molecule has 1 saturated carbocycles. The topological polar surface area (TPSA) is 84.9 Å². The summed E-state index contributed by atoms with van der Waals surface area (Å²) in [6.07, 6.45) is 0.177. The Labute approximate surface area is 192 Å². The molecule has 1 aliphatic heterocycles. The fourth-order valence-corrected chi connectivity index (χ4v) is 5.70. The number of likely N-dealkylation sites (tertiary alicyclic amines) is 1. The number of benzene rings is 1. The number of sulfonamides is 1. The zero-order chi connectivity index (χ0) is 24.2. The Morgan fingerprint density at radius 1 is 1.15 bits per heavy atom. The van der Waals surface area contributed by atoms with Gasteiger partial charge < -0.3 is 14.4 Å². The van der Waals surface area contributed by atoms with E-state index >= 15 is 0 Å². The molecule has 1 saturated heterocycles. The molecule has 1 aromatic carbocycles. The molecule has 1 aliphatic carbocycles. The lowest BCUT2D eigenvalue weighted by molar-refractivity contribution is -0.275. The van der Waals surface area contributed by atoms with Gasteiger partial charge in [-0.25, -0.2) is 13.1 Å². The second-order valence-electron chi connectivity index (χ2n) is 8.81.